The number of hydrogen-bond acceptors (Lipinski definition) is 5. The number of primary amides is 1. The molecular formula is C21H19ClN4O3S. The van der Waals surface area contributed by atoms with Crippen molar-refractivity contribution >= 4 is 34.8 Å². The Kier molecular flexibility index (Phi) is 5.44. The first-order chi connectivity index (χ1) is 14.3. The zero-order chi connectivity index (χ0) is 21.4. The van der Waals surface area contributed by atoms with Crippen LogP contribution in [0.15, 0.2) is 35.1 Å². The normalized spacial score (nSPS) is 15.5. The van der Waals surface area contributed by atoms with Gasteiger partial charge in [-0.25, -0.2) is 4.98 Å². The van der Waals surface area contributed by atoms with Gasteiger partial charge in [0.05, 0.1) is 11.7 Å². The van der Waals surface area contributed by atoms with Crippen LogP contribution in [0, 0.1) is 6.92 Å². The second-order valence-electron chi connectivity index (χ2n) is 7.17. The quantitative estimate of drug-likeness (QED) is 0.574. The Balaban J connectivity index is 1.62. The molecule has 0 aliphatic heterocycles. The van der Waals surface area contributed by atoms with Crippen LogP contribution < -0.4 is 16.6 Å². The van der Waals surface area contributed by atoms with E-state index < -0.39 is 11.5 Å². The molecule has 0 fully saturated rings. The van der Waals surface area contributed by atoms with Crippen LogP contribution in [0.2, 0.25) is 5.02 Å². The van der Waals surface area contributed by atoms with E-state index >= 15 is 0 Å². The maximum atomic E-state index is 13.0. The summed E-state index contributed by atoms with van der Waals surface area (Å²) in [6, 6.07) is 8.49. The maximum absolute atomic E-state index is 13.0. The zero-order valence-corrected chi connectivity index (χ0v) is 17.7. The molecule has 1 unspecified atom stereocenters. The highest BCUT2D eigenvalue weighted by Gasteiger charge is 2.26. The maximum Gasteiger partial charge on any atom is 0.263 e. The summed E-state index contributed by atoms with van der Waals surface area (Å²) in [7, 11) is 0. The number of thiazole rings is 1. The number of amides is 2. The van der Waals surface area contributed by atoms with E-state index in [1.54, 1.807) is 19.1 Å². The number of aryl methyl sites for hydroxylation is 2. The molecule has 2 amide bonds. The lowest BCUT2D eigenvalue weighted by Gasteiger charge is -2.26. The third-order valence-corrected chi connectivity index (χ3v) is 6.54. The fourth-order valence-corrected chi connectivity index (χ4v) is 4.81. The highest BCUT2D eigenvalue weighted by atomic mass is 35.5. The Bertz CT molecular complexity index is 1220. The highest BCUT2D eigenvalue weighted by Crippen LogP contribution is 2.32. The number of nitrogens with one attached hydrogen (secondary N) is 2. The standard InChI is InChI=1S/C21H19ClN4O3S/c1-10-17(30-21(24-10)11-4-2-5-12(22)8-11)20(29)26-16-7-3-6-15-13(16)9-14(18(23)27)19(28)25-15/h2,4-5,8-9,16H,3,6-7H2,1H3,(H2,23,27)(H,25,28)(H,26,29). The largest absolute Gasteiger partial charge is 0.365 e. The Morgan fingerprint density at radius 1 is 1.33 bits per heavy atom. The molecule has 7 nitrogen and oxygen atoms in total. The number of fused-ring (bicyclic) bond motifs is 1. The fourth-order valence-electron chi connectivity index (χ4n) is 3.65. The molecule has 1 aromatic carbocycles. The molecule has 2 aromatic heterocycles. The fraction of sp³-hybridized carbons (Fsp3) is 0.238. The summed E-state index contributed by atoms with van der Waals surface area (Å²) >= 11 is 7.36. The van der Waals surface area contributed by atoms with E-state index in [9.17, 15) is 14.4 Å². The number of nitrogens with two attached hydrogens (primary N) is 1. The lowest BCUT2D eigenvalue weighted by Crippen LogP contribution is -2.34. The number of nitrogens with zero attached hydrogens (tertiary/aromatic N) is 1. The summed E-state index contributed by atoms with van der Waals surface area (Å²) < 4.78 is 0. The van der Waals surface area contributed by atoms with Gasteiger partial charge in [0.25, 0.3) is 17.4 Å². The lowest BCUT2D eigenvalue weighted by atomic mass is 9.90. The molecule has 1 atom stereocenters. The van der Waals surface area contributed by atoms with Gasteiger partial charge in [0, 0.05) is 16.3 Å². The van der Waals surface area contributed by atoms with Gasteiger partial charge in [0.2, 0.25) is 0 Å². The van der Waals surface area contributed by atoms with Gasteiger partial charge in [-0.15, -0.1) is 11.3 Å². The van der Waals surface area contributed by atoms with E-state index in [-0.39, 0.29) is 17.5 Å². The van der Waals surface area contributed by atoms with E-state index in [4.69, 9.17) is 17.3 Å². The van der Waals surface area contributed by atoms with E-state index in [0.29, 0.717) is 33.4 Å². The smallest absolute Gasteiger partial charge is 0.263 e. The Labute approximate surface area is 181 Å². The van der Waals surface area contributed by atoms with Gasteiger partial charge < -0.3 is 16.0 Å². The first kappa shape index (κ1) is 20.3. The number of carbonyl (C=O) groups excluding carboxylic acids is 2. The van der Waals surface area contributed by atoms with E-state index in [1.807, 2.05) is 12.1 Å². The summed E-state index contributed by atoms with van der Waals surface area (Å²) in [4.78, 5) is 44.4. The van der Waals surface area contributed by atoms with Crippen molar-refractivity contribution in [1.29, 1.82) is 0 Å². The first-order valence-electron chi connectivity index (χ1n) is 9.43. The molecular weight excluding hydrogens is 424 g/mol. The molecule has 9 heteroatoms. The van der Waals surface area contributed by atoms with Crippen molar-refractivity contribution in [2.24, 2.45) is 5.73 Å². The Hall–Kier alpha value is -2.97. The zero-order valence-electron chi connectivity index (χ0n) is 16.1. The second kappa shape index (κ2) is 8.04. The van der Waals surface area contributed by atoms with Gasteiger partial charge >= 0.3 is 0 Å². The first-order valence-corrected chi connectivity index (χ1v) is 10.6. The lowest BCUT2D eigenvalue weighted by molar-refractivity contribution is 0.0935. The average molecular weight is 443 g/mol. The Morgan fingerprint density at radius 2 is 2.13 bits per heavy atom. The van der Waals surface area contributed by atoms with Crippen LogP contribution >= 0.6 is 22.9 Å². The van der Waals surface area contributed by atoms with Crippen molar-refractivity contribution in [3.63, 3.8) is 0 Å². The number of halogens is 1. The molecule has 0 spiro atoms. The Morgan fingerprint density at radius 3 is 2.87 bits per heavy atom. The number of aromatic amines is 1. The van der Waals surface area contributed by atoms with E-state index in [2.05, 4.69) is 15.3 Å². The van der Waals surface area contributed by atoms with Gasteiger partial charge in [0.1, 0.15) is 15.4 Å². The van der Waals surface area contributed by atoms with Crippen molar-refractivity contribution in [2.75, 3.05) is 0 Å². The molecule has 3 aromatic rings. The highest BCUT2D eigenvalue weighted by molar-refractivity contribution is 7.17. The minimum atomic E-state index is -0.792. The topological polar surface area (TPSA) is 118 Å². The van der Waals surface area contributed by atoms with Gasteiger partial charge in [-0.05, 0) is 49.9 Å². The van der Waals surface area contributed by atoms with Crippen LogP contribution in [0.1, 0.15) is 55.9 Å². The third-order valence-electron chi connectivity index (χ3n) is 5.10. The summed E-state index contributed by atoms with van der Waals surface area (Å²) in [5.74, 6) is -1.04. The number of pyridine rings is 1. The minimum Gasteiger partial charge on any atom is -0.365 e. The molecule has 0 radical (unpaired) electrons. The molecule has 154 valence electrons. The molecule has 0 saturated carbocycles. The third kappa shape index (κ3) is 3.88. The van der Waals surface area contributed by atoms with Crippen LogP contribution in [0.4, 0.5) is 0 Å². The number of aromatic nitrogens is 2. The predicted molar refractivity (Wildman–Crippen MR) is 116 cm³/mol. The SMILES string of the molecule is Cc1nc(-c2cccc(Cl)c2)sc1C(=O)NC1CCCc2[nH]c(=O)c(C(N)=O)cc21. The average Bonchev–Trinajstić information content (AvgIpc) is 3.09. The van der Waals surface area contributed by atoms with Crippen LogP contribution in [0.3, 0.4) is 0 Å². The molecule has 1 aliphatic carbocycles. The number of hydrogen-bond donors (Lipinski definition) is 3. The monoisotopic (exact) mass is 442 g/mol. The number of benzene rings is 1. The van der Waals surface area contributed by atoms with E-state index in [1.165, 1.54) is 17.4 Å². The van der Waals surface area contributed by atoms with Crippen LogP contribution in [-0.4, -0.2) is 21.8 Å². The summed E-state index contributed by atoms with van der Waals surface area (Å²) in [5, 5.41) is 4.34. The molecule has 4 rings (SSSR count). The van der Waals surface area contributed by atoms with Gasteiger partial charge in [-0.3, -0.25) is 14.4 Å². The second-order valence-corrected chi connectivity index (χ2v) is 8.61. The molecule has 0 bridgehead atoms. The van der Waals surface area contributed by atoms with Crippen molar-refractivity contribution in [1.82, 2.24) is 15.3 Å². The van der Waals surface area contributed by atoms with Gasteiger partial charge in [-0.2, -0.15) is 0 Å². The minimum absolute atomic E-state index is 0.105. The summed E-state index contributed by atoms with van der Waals surface area (Å²) in [6.07, 6.45) is 2.18. The van der Waals surface area contributed by atoms with Crippen LogP contribution in [0.5, 0.6) is 0 Å². The summed E-state index contributed by atoms with van der Waals surface area (Å²) in [6.45, 7) is 1.79. The number of H-pyrrole nitrogens is 1. The van der Waals surface area contributed by atoms with Crippen molar-refractivity contribution < 1.29 is 9.59 Å². The number of rotatable bonds is 4. The molecule has 0 saturated heterocycles. The van der Waals surface area contributed by atoms with E-state index in [0.717, 1.165) is 23.2 Å². The molecule has 4 N–H and O–H groups in total. The van der Waals surface area contributed by atoms with Gasteiger partial charge in [0.15, 0.2) is 0 Å². The molecule has 1 aliphatic rings. The van der Waals surface area contributed by atoms with Crippen LogP contribution in [-0.2, 0) is 6.42 Å². The molecule has 2 heterocycles. The van der Waals surface area contributed by atoms with Crippen molar-refractivity contribution in [3.05, 3.63) is 73.1 Å². The van der Waals surface area contributed by atoms with Crippen molar-refractivity contribution in [3.8, 4) is 10.6 Å². The number of carbonyl (C=O) groups is 2. The predicted octanol–water partition coefficient (Wildman–Crippen LogP) is 3.37. The van der Waals surface area contributed by atoms with Crippen molar-refractivity contribution in [2.45, 2.75) is 32.2 Å². The van der Waals surface area contributed by atoms with Gasteiger partial charge in [-0.1, -0.05) is 23.7 Å². The summed E-state index contributed by atoms with van der Waals surface area (Å²) in [5.41, 5.74) is 7.63. The molecule has 30 heavy (non-hydrogen) atoms. The van der Waals surface area contributed by atoms with Crippen LogP contribution in [0.25, 0.3) is 10.6 Å².